The van der Waals surface area contributed by atoms with Gasteiger partial charge < -0.3 is 90.3 Å². The minimum Gasteiger partial charge on any atom is -0.489 e. The highest BCUT2D eigenvalue weighted by Crippen LogP contribution is 2.46. The van der Waals surface area contributed by atoms with E-state index in [0.29, 0.717) is 59.8 Å². The van der Waals surface area contributed by atoms with Crippen LogP contribution in [0.15, 0.2) is 43.0 Å². The van der Waals surface area contributed by atoms with Gasteiger partial charge in [-0.2, -0.15) is 4.98 Å². The van der Waals surface area contributed by atoms with E-state index >= 15 is 23.6 Å². The number of benzene rings is 2. The minimum atomic E-state index is -1.79. The van der Waals surface area contributed by atoms with Gasteiger partial charge in [0, 0.05) is 138 Å². The van der Waals surface area contributed by atoms with Crippen molar-refractivity contribution in [3.8, 4) is 16.9 Å². The molecule has 12 atom stereocenters. The quantitative estimate of drug-likeness (QED) is 0.0568. The molecule has 7 rings (SSSR count). The van der Waals surface area contributed by atoms with Crippen LogP contribution in [0.5, 0.6) is 5.75 Å². The van der Waals surface area contributed by atoms with Gasteiger partial charge in [0.2, 0.25) is 88.6 Å². The van der Waals surface area contributed by atoms with Crippen molar-refractivity contribution in [1.29, 1.82) is 0 Å². The van der Waals surface area contributed by atoms with Crippen molar-refractivity contribution in [2.45, 2.75) is 235 Å². The number of nitrogens with one attached hydrogen (secondary N) is 5. The molecule has 3 fully saturated rings. The van der Waals surface area contributed by atoms with Crippen LogP contribution in [0.3, 0.4) is 0 Å². The molecule has 5 heterocycles. The SMILES string of the molecule is C=CC(=O)N1CCN(c2nc(NCCC(=O)N3CCN(C(=O)CCC[C@@H](C)[C@@H](O)[C@H]4C(=O)N[C@@H](CC)C(=O)N(C)CC(=O)N(C)[C@@H](CC(C)C)C(=O)N[C@@H](C(C)C)C(=O)N(C)[C@@H](CC(C)C)C(=O)N[C@@H](C)C(=O)N[C@H](C)C(=O)N(C)[C@@H](CC(C)C)C(=O)N(C)[C@@H](CC(C)C)C(=O)N(C)[C@@H](C(C)C)C(=O)N4C)CC3)nc3c4c(c(Cl)cc23)-c2c(F)cccc2OC/C=C/4)CC1. The van der Waals surface area contributed by atoms with Crippen LogP contribution in [0.1, 0.15) is 174 Å². The van der Waals surface area contributed by atoms with Crippen LogP contribution >= 0.6 is 11.6 Å². The van der Waals surface area contributed by atoms with Gasteiger partial charge in [-0.15, -0.1) is 0 Å². The molecule has 2 aromatic carbocycles. The smallest absolute Gasteiger partial charge is 0.246 e. The second-order valence-corrected chi connectivity index (χ2v) is 37.8. The average Bonchev–Trinajstić information content (AvgIpc) is 0.738. The Balaban J connectivity index is 1.14. The second-order valence-electron chi connectivity index (χ2n) is 37.4. The molecule has 3 aromatic rings. The molecule has 3 saturated heterocycles. The highest BCUT2D eigenvalue weighted by atomic mass is 35.5. The average molecular weight is 1820 g/mol. The third-order valence-electron chi connectivity index (χ3n) is 24.9. The Bertz CT molecular complexity index is 4570. The predicted octanol–water partition coefficient (Wildman–Crippen LogP) is 6.29. The molecule has 0 saturated carbocycles. The second kappa shape index (κ2) is 47.3. The summed E-state index contributed by atoms with van der Waals surface area (Å²) in [6, 6.07) is -6.93. The number of aliphatic hydroxyl groups is 1. The van der Waals surface area contributed by atoms with E-state index in [1.54, 1.807) is 86.6 Å². The van der Waals surface area contributed by atoms with Crippen LogP contribution in [-0.2, 0) is 67.1 Å². The number of hydrogen-bond acceptors (Lipinski definition) is 20. The summed E-state index contributed by atoms with van der Waals surface area (Å²) in [5.74, 6) is -11.1. The summed E-state index contributed by atoms with van der Waals surface area (Å²) in [5.41, 5.74) is 1.55. The van der Waals surface area contributed by atoms with Crippen LogP contribution < -0.4 is 36.2 Å². The maximum absolute atomic E-state index is 15.9. The molecule has 0 spiro atoms. The molecule has 6 N–H and O–H groups in total. The fraction of sp³-hybridized carbons (Fsp3) is 0.656. The van der Waals surface area contributed by atoms with E-state index in [9.17, 15) is 53.1 Å². The monoisotopic (exact) mass is 1820 g/mol. The number of hydrogen-bond donors (Lipinski definition) is 6. The van der Waals surface area contributed by atoms with Gasteiger partial charge in [0.15, 0.2) is 0 Å². The van der Waals surface area contributed by atoms with Crippen molar-refractivity contribution in [3.63, 3.8) is 0 Å². The van der Waals surface area contributed by atoms with E-state index in [4.69, 9.17) is 26.3 Å². The molecule has 4 aliphatic heterocycles. The molecule has 36 heteroatoms. The Kier molecular flexibility index (Phi) is 38.7. The van der Waals surface area contributed by atoms with Gasteiger partial charge in [-0.05, 0) is 131 Å². The molecule has 34 nitrogen and oxygen atoms in total. The van der Waals surface area contributed by atoms with Crippen molar-refractivity contribution in [2.75, 3.05) is 132 Å². The van der Waals surface area contributed by atoms with Gasteiger partial charge in [0.1, 0.15) is 84.4 Å². The maximum atomic E-state index is 15.9. The van der Waals surface area contributed by atoms with Crippen LogP contribution in [0, 0.1) is 47.2 Å². The first kappa shape index (κ1) is 105. The summed E-state index contributed by atoms with van der Waals surface area (Å²) in [7, 11) is 9.71. The Hall–Kier alpha value is -10.6. The van der Waals surface area contributed by atoms with Gasteiger partial charge in [0.25, 0.3) is 0 Å². The van der Waals surface area contributed by atoms with Gasteiger partial charge >= 0.3 is 0 Å². The lowest BCUT2D eigenvalue weighted by atomic mass is 9.90. The maximum Gasteiger partial charge on any atom is 0.246 e. The largest absolute Gasteiger partial charge is 0.489 e. The van der Waals surface area contributed by atoms with E-state index in [-0.39, 0.29) is 155 Å². The van der Waals surface area contributed by atoms with E-state index in [0.717, 1.165) is 9.80 Å². The topological polar surface area (TPSA) is 390 Å². The lowest BCUT2D eigenvalue weighted by Gasteiger charge is -2.41. The minimum absolute atomic E-state index is 0.0129. The first-order valence-electron chi connectivity index (χ1n) is 45.4. The zero-order chi connectivity index (χ0) is 96.3. The number of amides is 14. The van der Waals surface area contributed by atoms with Crippen molar-refractivity contribution in [2.24, 2.45) is 41.4 Å². The van der Waals surface area contributed by atoms with E-state index in [1.807, 2.05) is 60.3 Å². The number of rotatable bonds is 23. The number of carbonyl (C=O) groups is 14. The summed E-state index contributed by atoms with van der Waals surface area (Å²) in [5, 5.41) is 27.9. The molecule has 14 amide bonds. The Morgan fingerprint density at radius 1 is 0.581 bits per heavy atom. The number of ether oxygens (including phenoxy) is 1. The number of likely N-dealkylation sites (N-methyl/N-ethyl adjacent to an activating group) is 7. The Morgan fingerprint density at radius 3 is 1.64 bits per heavy atom. The molecule has 714 valence electrons. The third kappa shape index (κ3) is 26.6. The van der Waals surface area contributed by atoms with Gasteiger partial charge in [0.05, 0.1) is 28.8 Å². The summed E-state index contributed by atoms with van der Waals surface area (Å²) < 4.78 is 21.8. The molecule has 4 aliphatic rings. The number of piperazine rings is 2. The van der Waals surface area contributed by atoms with E-state index in [1.165, 1.54) is 99.8 Å². The number of aliphatic hydroxyl groups excluding tert-OH is 1. The van der Waals surface area contributed by atoms with E-state index in [2.05, 4.69) is 33.2 Å². The van der Waals surface area contributed by atoms with Crippen LogP contribution in [0.4, 0.5) is 16.2 Å². The molecular formula is C93H142ClFN18O16. The zero-order valence-electron chi connectivity index (χ0n) is 79.9. The van der Waals surface area contributed by atoms with E-state index < -0.39 is 162 Å². The number of carbonyl (C=O) groups excluding carboxylic acids is 14. The summed E-state index contributed by atoms with van der Waals surface area (Å²) in [4.78, 5) is 230. The first-order chi connectivity index (χ1) is 60.6. The lowest BCUT2D eigenvalue weighted by molar-refractivity contribution is -0.157. The predicted molar refractivity (Wildman–Crippen MR) is 493 cm³/mol. The third-order valence-corrected chi connectivity index (χ3v) is 25.2. The van der Waals surface area contributed by atoms with Gasteiger partial charge in [-0.1, -0.05) is 127 Å². The Labute approximate surface area is 765 Å². The van der Waals surface area contributed by atoms with Gasteiger partial charge in [-0.25, -0.2) is 9.37 Å². The summed E-state index contributed by atoms with van der Waals surface area (Å²) in [6.45, 7) is 33.4. The molecular weight excluding hydrogens is 1680 g/mol. The number of aromatic nitrogens is 2. The first-order valence-corrected chi connectivity index (χ1v) is 45.8. The molecule has 0 bridgehead atoms. The molecule has 0 unspecified atom stereocenters. The highest BCUT2D eigenvalue weighted by Gasteiger charge is 2.47. The fourth-order valence-electron chi connectivity index (χ4n) is 17.2. The van der Waals surface area contributed by atoms with Crippen LogP contribution in [0.25, 0.3) is 28.1 Å². The number of nitrogens with zero attached hydrogens (tertiary/aromatic N) is 13. The molecule has 0 radical (unpaired) electrons. The number of halogens is 2. The van der Waals surface area contributed by atoms with Crippen molar-refractivity contribution >= 4 is 123 Å². The van der Waals surface area contributed by atoms with Gasteiger partial charge in [-0.3, -0.25) is 67.1 Å². The van der Waals surface area contributed by atoms with Crippen LogP contribution in [-0.4, -0.2) is 335 Å². The van der Waals surface area contributed by atoms with Crippen molar-refractivity contribution in [1.82, 2.24) is 80.2 Å². The highest BCUT2D eigenvalue weighted by molar-refractivity contribution is 6.35. The molecule has 1 aromatic heterocycles. The van der Waals surface area contributed by atoms with Crippen LogP contribution in [0.2, 0.25) is 5.02 Å². The lowest BCUT2D eigenvalue weighted by Crippen LogP contribution is -2.63. The summed E-state index contributed by atoms with van der Waals surface area (Å²) in [6.07, 6.45) is 3.78. The number of fused-ring (bicyclic) bond motifs is 5. The van der Waals surface area contributed by atoms with Crippen molar-refractivity contribution < 1.29 is 81.4 Å². The standard InChI is InChI=1S/C93H142ClFN18O16/c1-25-65-88(124)103(18)51-74(117)104(19)66(46-52(3)4)85(121)100-77(56(11)12)91(127)105(20)67(47-53(5)6)84(120)97-59(16)83(119)98-60(17)87(123)106(21)68(48-54(7)8)89(125)107(22)69(49-55(9)10)90(126)108(23)79(57(13)14)92(128)109(24)80(86(122)99-65)81(118)58(15)30-27-34-72(115)111-37-39-112(40-38-111)73(116)35-36-96-93-101-78-61-31-29-45-129-70-33-28-32-64(95)76(70)75(61)63(94)50-62(78)82(102-93)113-43-41-110(42-44-113)71(114)26-2/h26,28-29,31-33,50,52-60,65-69,77,79-81,118H,2,25,27,30,34-49,51H2,1,3-24H3,(H,97,120)(H,98,119)(H,99,122)(H,100,121)(H,96,101,102)/b31-29+/t58-,59+,60-,65+,66+,67+,68+,69+,77+,79+,80+,81-/m1/s1. The fourth-order valence-corrected chi connectivity index (χ4v) is 17.5. The summed E-state index contributed by atoms with van der Waals surface area (Å²) >= 11 is 7.09. The number of anilines is 2. The zero-order valence-corrected chi connectivity index (χ0v) is 80.7. The molecule has 129 heavy (non-hydrogen) atoms. The normalized spacial score (nSPS) is 23.7. The Morgan fingerprint density at radius 2 is 1.09 bits per heavy atom. The van der Waals surface area contributed by atoms with Crippen molar-refractivity contribution in [3.05, 3.63) is 59.4 Å². The molecule has 0 aliphatic carbocycles.